The molecule has 0 amide bonds. The van der Waals surface area contributed by atoms with Gasteiger partial charge in [0.05, 0.1) is 0 Å². The number of hydrogen-bond donors (Lipinski definition) is 2. The highest BCUT2D eigenvalue weighted by atomic mass is 14.9. The van der Waals surface area contributed by atoms with Crippen molar-refractivity contribution in [3.63, 3.8) is 0 Å². The van der Waals surface area contributed by atoms with E-state index in [0.29, 0.717) is 6.04 Å². The average molecular weight is 228 g/mol. The summed E-state index contributed by atoms with van der Waals surface area (Å²) in [5.74, 6) is 0. The lowest BCUT2D eigenvalue weighted by Gasteiger charge is -2.21. The minimum atomic E-state index is 0.639. The molecule has 1 aromatic heterocycles. The van der Waals surface area contributed by atoms with Crippen molar-refractivity contribution in [1.29, 1.82) is 0 Å². The zero-order valence-electron chi connectivity index (χ0n) is 10.6. The number of hydrogen-bond acceptors (Lipinski definition) is 1. The summed E-state index contributed by atoms with van der Waals surface area (Å²) >= 11 is 0. The van der Waals surface area contributed by atoms with E-state index in [1.807, 2.05) is 0 Å². The standard InChI is InChI=1S/C15H20N2/c1-3-10-5-4-6-13-12-8-7-11(16-2)9-14(12)17-15(10)13/h4-6,11,16-17H,3,7-9H2,1-2H3. The lowest BCUT2D eigenvalue weighted by Crippen LogP contribution is -2.31. The maximum Gasteiger partial charge on any atom is 0.0491 e. The smallest absolute Gasteiger partial charge is 0.0491 e. The minimum absolute atomic E-state index is 0.639. The molecule has 2 nitrogen and oxygen atoms in total. The normalized spacial score (nSPS) is 19.5. The van der Waals surface area contributed by atoms with Gasteiger partial charge in [-0.3, -0.25) is 0 Å². The van der Waals surface area contributed by atoms with Crippen molar-refractivity contribution >= 4 is 10.9 Å². The summed E-state index contributed by atoms with van der Waals surface area (Å²) in [7, 11) is 2.07. The van der Waals surface area contributed by atoms with E-state index >= 15 is 0 Å². The zero-order chi connectivity index (χ0) is 11.8. The van der Waals surface area contributed by atoms with Crippen LogP contribution in [0.2, 0.25) is 0 Å². The van der Waals surface area contributed by atoms with Crippen molar-refractivity contribution in [2.75, 3.05) is 7.05 Å². The predicted octanol–water partition coefficient (Wildman–Crippen LogP) is 2.81. The van der Waals surface area contributed by atoms with Gasteiger partial charge in [0, 0.05) is 29.1 Å². The van der Waals surface area contributed by atoms with Gasteiger partial charge in [-0.05, 0) is 37.4 Å². The van der Waals surface area contributed by atoms with E-state index < -0.39 is 0 Å². The number of aromatic nitrogens is 1. The van der Waals surface area contributed by atoms with E-state index in [2.05, 4.69) is 42.5 Å². The highest BCUT2D eigenvalue weighted by Gasteiger charge is 2.21. The van der Waals surface area contributed by atoms with Crippen LogP contribution in [0.5, 0.6) is 0 Å². The second kappa shape index (κ2) is 4.19. The topological polar surface area (TPSA) is 27.8 Å². The van der Waals surface area contributed by atoms with Crippen molar-refractivity contribution in [1.82, 2.24) is 10.3 Å². The van der Waals surface area contributed by atoms with Crippen LogP contribution < -0.4 is 5.32 Å². The van der Waals surface area contributed by atoms with Crippen LogP contribution in [-0.2, 0) is 19.3 Å². The Morgan fingerprint density at radius 1 is 1.41 bits per heavy atom. The molecule has 0 radical (unpaired) electrons. The van der Waals surface area contributed by atoms with Crippen molar-refractivity contribution in [2.24, 2.45) is 0 Å². The molecule has 1 heterocycles. The zero-order valence-corrected chi connectivity index (χ0v) is 10.6. The Kier molecular flexibility index (Phi) is 2.67. The molecule has 2 aromatic rings. The van der Waals surface area contributed by atoms with Gasteiger partial charge in [-0.1, -0.05) is 25.1 Å². The second-order valence-electron chi connectivity index (χ2n) is 5.00. The van der Waals surface area contributed by atoms with E-state index in [4.69, 9.17) is 0 Å². The van der Waals surface area contributed by atoms with Crippen molar-refractivity contribution < 1.29 is 0 Å². The molecule has 1 aliphatic carbocycles. The number of H-pyrrole nitrogens is 1. The first-order valence-electron chi connectivity index (χ1n) is 6.62. The molecule has 0 bridgehead atoms. The molecule has 2 N–H and O–H groups in total. The lowest BCUT2D eigenvalue weighted by atomic mass is 9.91. The Hall–Kier alpha value is -1.28. The summed E-state index contributed by atoms with van der Waals surface area (Å²) in [6, 6.07) is 7.34. The largest absolute Gasteiger partial charge is 0.358 e. The predicted molar refractivity (Wildman–Crippen MR) is 72.5 cm³/mol. The summed E-state index contributed by atoms with van der Waals surface area (Å²) in [5.41, 5.74) is 5.82. The van der Waals surface area contributed by atoms with Gasteiger partial charge in [0.2, 0.25) is 0 Å². The third-order valence-electron chi connectivity index (χ3n) is 4.10. The molecule has 1 unspecified atom stereocenters. The minimum Gasteiger partial charge on any atom is -0.358 e. The van der Waals surface area contributed by atoms with E-state index in [0.717, 1.165) is 12.8 Å². The Labute approximate surface area is 102 Å². The molecule has 0 spiro atoms. The molecule has 1 atom stereocenters. The fourth-order valence-corrected chi connectivity index (χ4v) is 3.06. The molecule has 0 saturated heterocycles. The van der Waals surface area contributed by atoms with Crippen LogP contribution in [0, 0.1) is 0 Å². The Bertz CT molecular complexity index is 539. The van der Waals surface area contributed by atoms with E-state index in [-0.39, 0.29) is 0 Å². The average Bonchev–Trinajstić information content (AvgIpc) is 2.75. The van der Waals surface area contributed by atoms with Crippen LogP contribution >= 0.6 is 0 Å². The molecular formula is C15H20N2. The highest BCUT2D eigenvalue weighted by molar-refractivity contribution is 5.87. The molecule has 0 fully saturated rings. The van der Waals surface area contributed by atoms with Crippen LogP contribution in [0.25, 0.3) is 10.9 Å². The number of fused-ring (bicyclic) bond motifs is 3. The molecule has 0 saturated carbocycles. The lowest BCUT2D eigenvalue weighted by molar-refractivity contribution is 0.493. The van der Waals surface area contributed by atoms with E-state index in [9.17, 15) is 0 Å². The van der Waals surface area contributed by atoms with Gasteiger partial charge in [-0.15, -0.1) is 0 Å². The molecule has 1 aliphatic rings. The first kappa shape index (κ1) is 10.8. The Morgan fingerprint density at radius 2 is 2.29 bits per heavy atom. The summed E-state index contributed by atoms with van der Waals surface area (Å²) in [5, 5.41) is 4.85. The van der Waals surface area contributed by atoms with Gasteiger partial charge >= 0.3 is 0 Å². The molecule has 90 valence electrons. The van der Waals surface area contributed by atoms with Crippen molar-refractivity contribution in [3.05, 3.63) is 35.0 Å². The van der Waals surface area contributed by atoms with Crippen LogP contribution in [0.4, 0.5) is 0 Å². The molecule has 17 heavy (non-hydrogen) atoms. The van der Waals surface area contributed by atoms with Crippen LogP contribution in [-0.4, -0.2) is 18.1 Å². The summed E-state index contributed by atoms with van der Waals surface area (Å²) in [4.78, 5) is 3.66. The molecule has 2 heteroatoms. The van der Waals surface area contributed by atoms with Gasteiger partial charge in [-0.2, -0.15) is 0 Å². The van der Waals surface area contributed by atoms with Gasteiger partial charge < -0.3 is 10.3 Å². The molecule has 0 aliphatic heterocycles. The number of aryl methyl sites for hydroxylation is 2. The van der Waals surface area contributed by atoms with Crippen LogP contribution in [0.15, 0.2) is 18.2 Å². The molecule has 1 aromatic carbocycles. The quantitative estimate of drug-likeness (QED) is 0.812. The van der Waals surface area contributed by atoms with Gasteiger partial charge in [-0.25, -0.2) is 0 Å². The number of aromatic amines is 1. The van der Waals surface area contributed by atoms with E-state index in [1.54, 1.807) is 5.56 Å². The molecular weight excluding hydrogens is 208 g/mol. The fraction of sp³-hybridized carbons (Fsp3) is 0.467. The van der Waals surface area contributed by atoms with Crippen LogP contribution in [0.3, 0.4) is 0 Å². The monoisotopic (exact) mass is 228 g/mol. The van der Waals surface area contributed by atoms with E-state index in [1.165, 1.54) is 35.0 Å². The summed E-state index contributed by atoms with van der Waals surface area (Å²) in [6.45, 7) is 2.23. The summed E-state index contributed by atoms with van der Waals surface area (Å²) < 4.78 is 0. The van der Waals surface area contributed by atoms with Gasteiger partial charge in [0.1, 0.15) is 0 Å². The van der Waals surface area contributed by atoms with Gasteiger partial charge in [0.25, 0.3) is 0 Å². The number of rotatable bonds is 2. The second-order valence-corrected chi connectivity index (χ2v) is 5.00. The summed E-state index contributed by atoms with van der Waals surface area (Å²) in [6.07, 6.45) is 4.71. The number of benzene rings is 1. The number of nitrogens with one attached hydrogen (secondary N) is 2. The third-order valence-corrected chi connectivity index (χ3v) is 4.10. The number of likely N-dealkylation sites (N-methyl/N-ethyl adjacent to an activating group) is 1. The van der Waals surface area contributed by atoms with Crippen molar-refractivity contribution in [2.45, 2.75) is 38.6 Å². The Balaban J connectivity index is 2.14. The third kappa shape index (κ3) is 1.67. The Morgan fingerprint density at radius 3 is 3.06 bits per heavy atom. The highest BCUT2D eigenvalue weighted by Crippen LogP contribution is 2.30. The maximum absolute atomic E-state index is 3.66. The SMILES string of the molecule is CCc1cccc2c3c([nH]c12)CC(NC)CC3. The van der Waals surface area contributed by atoms with Crippen molar-refractivity contribution in [3.8, 4) is 0 Å². The van der Waals surface area contributed by atoms with Crippen LogP contribution in [0.1, 0.15) is 30.2 Å². The number of para-hydroxylation sites is 1. The first-order valence-corrected chi connectivity index (χ1v) is 6.62. The first-order chi connectivity index (χ1) is 8.33. The molecule has 3 rings (SSSR count). The fourth-order valence-electron chi connectivity index (χ4n) is 3.06. The maximum atomic E-state index is 3.66. The van der Waals surface area contributed by atoms with Gasteiger partial charge in [0.15, 0.2) is 0 Å².